The number of amides is 2. The fourth-order valence-electron chi connectivity index (χ4n) is 3.48. The van der Waals surface area contributed by atoms with Crippen molar-refractivity contribution >= 4 is 11.8 Å². The van der Waals surface area contributed by atoms with Crippen molar-refractivity contribution < 1.29 is 18.7 Å². The molecule has 0 aliphatic carbocycles. The maximum Gasteiger partial charge on any atom is 0.254 e. The van der Waals surface area contributed by atoms with Gasteiger partial charge >= 0.3 is 0 Å². The second kappa shape index (κ2) is 7.30. The molecule has 130 valence electrons. The van der Waals surface area contributed by atoms with E-state index in [1.165, 1.54) is 11.0 Å². The van der Waals surface area contributed by atoms with E-state index in [4.69, 9.17) is 4.74 Å². The number of halogens is 1. The van der Waals surface area contributed by atoms with Crippen LogP contribution in [0.25, 0.3) is 0 Å². The van der Waals surface area contributed by atoms with Gasteiger partial charge in [-0.15, -0.1) is 0 Å². The number of hydrogen-bond donors (Lipinski definition) is 0. The minimum Gasteiger partial charge on any atom is -0.356 e. The number of carbonyl (C=O) groups excluding carboxylic acids is 2. The topological polar surface area (TPSA) is 49.9 Å². The smallest absolute Gasteiger partial charge is 0.254 e. The lowest BCUT2D eigenvalue weighted by Crippen LogP contribution is -2.54. The van der Waals surface area contributed by atoms with E-state index in [1.54, 1.807) is 30.1 Å². The summed E-state index contributed by atoms with van der Waals surface area (Å²) in [6.45, 7) is 1.24. The minimum absolute atomic E-state index is 0.147. The van der Waals surface area contributed by atoms with Crippen LogP contribution in [0, 0.1) is 5.82 Å². The van der Waals surface area contributed by atoms with Gasteiger partial charge in [0.05, 0.1) is 6.04 Å². The van der Waals surface area contributed by atoms with Crippen molar-refractivity contribution in [2.24, 2.45) is 0 Å². The predicted molar refractivity (Wildman–Crippen MR) is 86.7 cm³/mol. The SMILES string of the molecule is CN1C(=O)CO[C@H](C(=O)N2CCCCCC2)[C@H]1c1ccccc1F. The van der Waals surface area contributed by atoms with E-state index in [0.717, 1.165) is 25.7 Å². The van der Waals surface area contributed by atoms with Crippen molar-refractivity contribution in [3.8, 4) is 0 Å². The average Bonchev–Trinajstić information content (AvgIpc) is 2.87. The third-order valence-corrected chi connectivity index (χ3v) is 4.87. The van der Waals surface area contributed by atoms with E-state index in [-0.39, 0.29) is 18.4 Å². The Bertz CT molecular complexity index is 614. The number of ether oxygens (including phenoxy) is 1. The summed E-state index contributed by atoms with van der Waals surface area (Å²) < 4.78 is 19.9. The standard InChI is InChI=1S/C18H23FN2O3/c1-20-15(22)12-24-17(16(20)13-8-4-5-9-14(13)19)18(23)21-10-6-2-3-7-11-21/h4-5,8-9,16-17H,2-3,6-7,10-12H2,1H3/t16-,17+/m1/s1. The zero-order valence-corrected chi connectivity index (χ0v) is 13.9. The fourth-order valence-corrected chi connectivity index (χ4v) is 3.48. The molecule has 1 aromatic carbocycles. The molecule has 0 bridgehead atoms. The molecule has 0 N–H and O–H groups in total. The van der Waals surface area contributed by atoms with E-state index >= 15 is 0 Å². The quantitative estimate of drug-likeness (QED) is 0.832. The third kappa shape index (κ3) is 3.29. The molecule has 5 nitrogen and oxygen atoms in total. The number of likely N-dealkylation sites (N-methyl/N-ethyl adjacent to an activating group) is 1. The lowest BCUT2D eigenvalue weighted by Gasteiger charge is -2.40. The van der Waals surface area contributed by atoms with Crippen molar-refractivity contribution in [1.29, 1.82) is 0 Å². The molecule has 2 aliphatic rings. The van der Waals surface area contributed by atoms with Gasteiger partial charge in [-0.3, -0.25) is 9.59 Å². The summed E-state index contributed by atoms with van der Waals surface area (Å²) in [6.07, 6.45) is 3.31. The molecule has 2 amide bonds. The molecule has 2 saturated heterocycles. The number of rotatable bonds is 2. The second-order valence-electron chi connectivity index (χ2n) is 6.44. The summed E-state index contributed by atoms with van der Waals surface area (Å²) in [4.78, 5) is 28.3. The van der Waals surface area contributed by atoms with Crippen LogP contribution in [0.15, 0.2) is 24.3 Å². The Labute approximate surface area is 141 Å². The van der Waals surface area contributed by atoms with Gasteiger partial charge in [0.15, 0.2) is 6.10 Å². The highest BCUT2D eigenvalue weighted by Gasteiger charge is 2.42. The Balaban J connectivity index is 1.90. The van der Waals surface area contributed by atoms with Crippen LogP contribution in [-0.2, 0) is 14.3 Å². The molecule has 2 atom stereocenters. The Morgan fingerprint density at radius 3 is 2.50 bits per heavy atom. The first kappa shape index (κ1) is 16.9. The molecule has 6 heteroatoms. The molecule has 2 fully saturated rings. The molecule has 0 radical (unpaired) electrons. The molecule has 0 saturated carbocycles. The first-order chi connectivity index (χ1) is 11.6. The highest BCUT2D eigenvalue weighted by atomic mass is 19.1. The number of carbonyl (C=O) groups is 2. The minimum atomic E-state index is -0.859. The average molecular weight is 334 g/mol. The molecule has 2 heterocycles. The van der Waals surface area contributed by atoms with Gasteiger partial charge < -0.3 is 14.5 Å². The highest BCUT2D eigenvalue weighted by Crippen LogP contribution is 2.32. The molecular formula is C18H23FN2O3. The molecule has 2 aliphatic heterocycles. The molecule has 0 spiro atoms. The van der Waals surface area contributed by atoms with Gasteiger partial charge in [-0.1, -0.05) is 31.0 Å². The van der Waals surface area contributed by atoms with Crippen LogP contribution in [-0.4, -0.2) is 54.5 Å². The summed E-state index contributed by atoms with van der Waals surface area (Å²) >= 11 is 0. The van der Waals surface area contributed by atoms with Gasteiger partial charge in [-0.25, -0.2) is 4.39 Å². The van der Waals surface area contributed by atoms with E-state index in [1.807, 2.05) is 0 Å². The van der Waals surface area contributed by atoms with Gasteiger partial charge in [0, 0.05) is 25.7 Å². The largest absolute Gasteiger partial charge is 0.356 e. The fraction of sp³-hybridized carbons (Fsp3) is 0.556. The highest BCUT2D eigenvalue weighted by molar-refractivity contribution is 5.86. The lowest BCUT2D eigenvalue weighted by molar-refractivity contribution is -0.167. The maximum absolute atomic E-state index is 14.3. The Morgan fingerprint density at radius 1 is 1.17 bits per heavy atom. The number of benzene rings is 1. The number of nitrogens with zero attached hydrogens (tertiary/aromatic N) is 2. The Kier molecular flexibility index (Phi) is 5.14. The normalized spacial score (nSPS) is 25.5. The van der Waals surface area contributed by atoms with Gasteiger partial charge in [0.2, 0.25) is 5.91 Å². The number of hydrogen-bond acceptors (Lipinski definition) is 3. The number of likely N-dealkylation sites (tertiary alicyclic amines) is 1. The van der Waals surface area contributed by atoms with Gasteiger partial charge in [-0.05, 0) is 18.9 Å². The van der Waals surface area contributed by atoms with Crippen molar-refractivity contribution in [2.45, 2.75) is 37.8 Å². The van der Waals surface area contributed by atoms with E-state index in [9.17, 15) is 14.0 Å². The van der Waals surface area contributed by atoms with Crippen LogP contribution in [0.2, 0.25) is 0 Å². The van der Waals surface area contributed by atoms with Gasteiger partial charge in [-0.2, -0.15) is 0 Å². The van der Waals surface area contributed by atoms with Crippen LogP contribution in [0.4, 0.5) is 4.39 Å². The van der Waals surface area contributed by atoms with Gasteiger partial charge in [0.1, 0.15) is 12.4 Å². The summed E-state index contributed by atoms with van der Waals surface area (Å²) in [5.74, 6) is -0.825. The van der Waals surface area contributed by atoms with Crippen molar-refractivity contribution in [3.05, 3.63) is 35.6 Å². The molecule has 1 aromatic rings. The molecule has 24 heavy (non-hydrogen) atoms. The van der Waals surface area contributed by atoms with E-state index in [0.29, 0.717) is 18.7 Å². The van der Waals surface area contributed by atoms with Crippen molar-refractivity contribution in [1.82, 2.24) is 9.80 Å². The first-order valence-corrected chi connectivity index (χ1v) is 8.50. The van der Waals surface area contributed by atoms with Crippen LogP contribution in [0.3, 0.4) is 0 Å². The predicted octanol–water partition coefficient (Wildman–Crippen LogP) is 2.13. The molecular weight excluding hydrogens is 311 g/mol. The van der Waals surface area contributed by atoms with E-state index in [2.05, 4.69) is 0 Å². The van der Waals surface area contributed by atoms with E-state index < -0.39 is 18.0 Å². The summed E-state index contributed by atoms with van der Waals surface area (Å²) in [6, 6.07) is 5.52. The number of morpholine rings is 1. The third-order valence-electron chi connectivity index (χ3n) is 4.87. The van der Waals surface area contributed by atoms with Crippen LogP contribution < -0.4 is 0 Å². The van der Waals surface area contributed by atoms with Crippen molar-refractivity contribution in [2.75, 3.05) is 26.7 Å². The van der Waals surface area contributed by atoms with Gasteiger partial charge in [0.25, 0.3) is 5.91 Å². The summed E-state index contributed by atoms with van der Waals surface area (Å²) in [5, 5.41) is 0. The molecule has 0 unspecified atom stereocenters. The monoisotopic (exact) mass is 334 g/mol. The Morgan fingerprint density at radius 2 is 1.83 bits per heavy atom. The maximum atomic E-state index is 14.3. The molecule has 3 rings (SSSR count). The zero-order chi connectivity index (χ0) is 17.1. The van der Waals surface area contributed by atoms with Crippen LogP contribution in [0.5, 0.6) is 0 Å². The second-order valence-corrected chi connectivity index (χ2v) is 6.44. The van der Waals surface area contributed by atoms with Crippen LogP contribution >= 0.6 is 0 Å². The zero-order valence-electron chi connectivity index (χ0n) is 13.9. The van der Waals surface area contributed by atoms with Crippen LogP contribution in [0.1, 0.15) is 37.3 Å². The summed E-state index contributed by atoms with van der Waals surface area (Å²) in [5.41, 5.74) is 0.321. The molecule has 0 aromatic heterocycles. The Hall–Kier alpha value is -1.95. The van der Waals surface area contributed by atoms with Crippen molar-refractivity contribution in [3.63, 3.8) is 0 Å². The lowest BCUT2D eigenvalue weighted by atomic mass is 9.96. The summed E-state index contributed by atoms with van der Waals surface area (Å²) in [7, 11) is 1.60. The first-order valence-electron chi connectivity index (χ1n) is 8.50.